The third-order valence-electron chi connectivity index (χ3n) is 4.86. The van der Waals surface area contributed by atoms with E-state index in [2.05, 4.69) is 41.3 Å². The molecule has 1 fully saturated rings. The smallest absolute Gasteiger partial charge is 0.310 e. The maximum Gasteiger partial charge on any atom is 0.323 e. The molecule has 114 valence electrons. The number of rotatable bonds is 4. The number of aromatic nitrogens is 2. The van der Waals surface area contributed by atoms with E-state index >= 15 is 0 Å². The van der Waals surface area contributed by atoms with Crippen molar-refractivity contribution in [3.05, 3.63) is 34.2 Å². The van der Waals surface area contributed by atoms with Gasteiger partial charge in [0.05, 0.1) is 11.0 Å². The van der Waals surface area contributed by atoms with E-state index in [0.29, 0.717) is 12.0 Å². The van der Waals surface area contributed by atoms with Gasteiger partial charge in [-0.3, -0.25) is 0 Å². The molecule has 3 N–H and O–H groups in total. The van der Waals surface area contributed by atoms with Crippen molar-refractivity contribution in [1.29, 1.82) is 0 Å². The molecule has 4 nitrogen and oxygen atoms in total. The van der Waals surface area contributed by atoms with Crippen molar-refractivity contribution in [3.63, 3.8) is 0 Å². The fourth-order valence-electron chi connectivity index (χ4n) is 3.64. The lowest BCUT2D eigenvalue weighted by atomic mass is 9.77. The zero-order chi connectivity index (χ0) is 14.8. The Hall–Kier alpha value is -1.55. The summed E-state index contributed by atoms with van der Waals surface area (Å²) in [6, 6.07) is 6.68. The molecule has 4 heteroatoms. The van der Waals surface area contributed by atoms with Crippen molar-refractivity contribution in [1.82, 2.24) is 15.3 Å². The number of H-pyrrole nitrogens is 2. The van der Waals surface area contributed by atoms with Crippen LogP contribution in [0.1, 0.15) is 51.1 Å². The van der Waals surface area contributed by atoms with Crippen LogP contribution in [0, 0.1) is 11.8 Å². The molecular formula is C17H25N3O. The molecule has 0 saturated heterocycles. The predicted octanol–water partition coefficient (Wildman–Crippen LogP) is 3.33. The molecule has 3 rings (SSSR count). The van der Waals surface area contributed by atoms with Crippen LogP contribution in [0.15, 0.2) is 23.0 Å². The minimum atomic E-state index is -0.131. The average Bonchev–Trinajstić information content (AvgIpc) is 2.85. The number of aromatic amines is 2. The van der Waals surface area contributed by atoms with Gasteiger partial charge in [-0.2, -0.15) is 0 Å². The van der Waals surface area contributed by atoms with Crippen LogP contribution in [-0.4, -0.2) is 16.5 Å². The molecule has 1 atom stereocenters. The van der Waals surface area contributed by atoms with Crippen molar-refractivity contribution in [2.45, 2.75) is 45.6 Å². The summed E-state index contributed by atoms with van der Waals surface area (Å²) in [6.45, 7) is 5.49. The highest BCUT2D eigenvalue weighted by Crippen LogP contribution is 2.37. The normalized spacial score (nSPS) is 24.3. The Bertz CT molecular complexity index is 649. The summed E-state index contributed by atoms with van der Waals surface area (Å²) in [5.41, 5.74) is 2.95. The van der Waals surface area contributed by atoms with Crippen LogP contribution in [0.5, 0.6) is 0 Å². The minimum Gasteiger partial charge on any atom is -0.310 e. The largest absolute Gasteiger partial charge is 0.323 e. The van der Waals surface area contributed by atoms with Gasteiger partial charge < -0.3 is 15.3 Å². The molecule has 21 heavy (non-hydrogen) atoms. The van der Waals surface area contributed by atoms with E-state index in [0.717, 1.165) is 23.5 Å². The Kier molecular flexibility index (Phi) is 4.15. The molecule has 1 aliphatic rings. The zero-order valence-electron chi connectivity index (χ0n) is 12.9. The predicted molar refractivity (Wildman–Crippen MR) is 86.5 cm³/mol. The molecule has 0 bridgehead atoms. The fraction of sp³-hybridized carbons (Fsp3) is 0.588. The SMILES string of the molecule is CCNC(c1ccc2[nH]c(=O)[nH]c2c1)C1CCC(C)CC1. The third kappa shape index (κ3) is 3.05. The van der Waals surface area contributed by atoms with Crippen LogP contribution in [-0.2, 0) is 0 Å². The first-order valence-electron chi connectivity index (χ1n) is 8.12. The Morgan fingerprint density at radius 1 is 1.19 bits per heavy atom. The monoisotopic (exact) mass is 287 g/mol. The minimum absolute atomic E-state index is 0.131. The van der Waals surface area contributed by atoms with Crippen molar-refractivity contribution in [3.8, 4) is 0 Å². The van der Waals surface area contributed by atoms with Gasteiger partial charge in [0.2, 0.25) is 0 Å². The summed E-state index contributed by atoms with van der Waals surface area (Å²) in [7, 11) is 0. The lowest BCUT2D eigenvalue weighted by Gasteiger charge is -2.33. The molecule has 1 unspecified atom stereocenters. The van der Waals surface area contributed by atoms with Crippen LogP contribution in [0.2, 0.25) is 0 Å². The molecule has 1 aromatic heterocycles. The van der Waals surface area contributed by atoms with E-state index in [4.69, 9.17) is 0 Å². The van der Waals surface area contributed by atoms with Gasteiger partial charge in [-0.1, -0.05) is 32.8 Å². The van der Waals surface area contributed by atoms with E-state index in [1.807, 2.05) is 6.07 Å². The molecule has 2 aromatic rings. The average molecular weight is 287 g/mol. The van der Waals surface area contributed by atoms with E-state index in [1.165, 1.54) is 31.2 Å². The zero-order valence-corrected chi connectivity index (χ0v) is 12.9. The summed E-state index contributed by atoms with van der Waals surface area (Å²) in [5, 5.41) is 3.65. The van der Waals surface area contributed by atoms with E-state index in [1.54, 1.807) is 0 Å². The van der Waals surface area contributed by atoms with Gasteiger partial charge >= 0.3 is 5.69 Å². The number of imidazole rings is 1. The van der Waals surface area contributed by atoms with Crippen LogP contribution in [0.25, 0.3) is 11.0 Å². The second-order valence-electron chi connectivity index (χ2n) is 6.44. The number of fused-ring (bicyclic) bond motifs is 1. The number of hydrogen-bond donors (Lipinski definition) is 3. The van der Waals surface area contributed by atoms with Gasteiger partial charge in [0, 0.05) is 6.04 Å². The summed E-state index contributed by atoms with van der Waals surface area (Å²) in [6.07, 6.45) is 5.24. The lowest BCUT2D eigenvalue weighted by molar-refractivity contribution is 0.233. The van der Waals surface area contributed by atoms with Gasteiger partial charge in [-0.05, 0) is 48.9 Å². The Morgan fingerprint density at radius 3 is 2.62 bits per heavy atom. The molecule has 0 radical (unpaired) electrons. The van der Waals surface area contributed by atoms with Crippen LogP contribution in [0.3, 0.4) is 0 Å². The maximum atomic E-state index is 11.4. The number of hydrogen-bond acceptors (Lipinski definition) is 2. The Balaban J connectivity index is 1.88. The standard InChI is InChI=1S/C17H25N3O/c1-3-18-16(12-6-4-11(2)5-7-12)13-8-9-14-15(10-13)20-17(21)19-14/h8-12,16,18H,3-7H2,1-2H3,(H2,19,20,21). The second kappa shape index (κ2) is 6.06. The van der Waals surface area contributed by atoms with E-state index < -0.39 is 0 Å². The quantitative estimate of drug-likeness (QED) is 0.807. The van der Waals surface area contributed by atoms with E-state index in [-0.39, 0.29) is 5.69 Å². The summed E-state index contributed by atoms with van der Waals surface area (Å²) in [5.74, 6) is 1.57. The van der Waals surface area contributed by atoms with Gasteiger partial charge in [-0.15, -0.1) is 0 Å². The summed E-state index contributed by atoms with van der Waals surface area (Å²) in [4.78, 5) is 17.1. The molecule has 0 aliphatic heterocycles. The molecule has 1 aliphatic carbocycles. The van der Waals surface area contributed by atoms with Gasteiger partial charge in [0.1, 0.15) is 0 Å². The molecule has 1 aromatic carbocycles. The highest BCUT2D eigenvalue weighted by atomic mass is 16.1. The van der Waals surface area contributed by atoms with Crippen LogP contribution in [0.4, 0.5) is 0 Å². The Morgan fingerprint density at radius 2 is 1.90 bits per heavy atom. The van der Waals surface area contributed by atoms with Crippen molar-refractivity contribution < 1.29 is 0 Å². The van der Waals surface area contributed by atoms with Crippen molar-refractivity contribution in [2.24, 2.45) is 11.8 Å². The molecular weight excluding hydrogens is 262 g/mol. The van der Waals surface area contributed by atoms with Gasteiger partial charge in [-0.25, -0.2) is 4.79 Å². The van der Waals surface area contributed by atoms with Gasteiger partial charge in [0.25, 0.3) is 0 Å². The highest BCUT2D eigenvalue weighted by Gasteiger charge is 2.26. The number of benzene rings is 1. The highest BCUT2D eigenvalue weighted by molar-refractivity contribution is 5.75. The molecule has 1 saturated carbocycles. The fourth-order valence-corrected chi connectivity index (χ4v) is 3.64. The Labute approximate surface area is 125 Å². The van der Waals surface area contributed by atoms with Crippen LogP contribution < -0.4 is 11.0 Å². The molecule has 0 spiro atoms. The molecule has 0 amide bonds. The lowest BCUT2D eigenvalue weighted by Crippen LogP contribution is -2.30. The van der Waals surface area contributed by atoms with Crippen LogP contribution >= 0.6 is 0 Å². The topological polar surface area (TPSA) is 60.7 Å². The van der Waals surface area contributed by atoms with Crippen molar-refractivity contribution in [2.75, 3.05) is 6.54 Å². The van der Waals surface area contributed by atoms with Gasteiger partial charge in [0.15, 0.2) is 0 Å². The first-order valence-corrected chi connectivity index (χ1v) is 8.12. The molecule has 1 heterocycles. The number of nitrogens with one attached hydrogen (secondary N) is 3. The maximum absolute atomic E-state index is 11.4. The summed E-state index contributed by atoms with van der Waals surface area (Å²) >= 11 is 0. The van der Waals surface area contributed by atoms with E-state index in [9.17, 15) is 4.79 Å². The third-order valence-corrected chi connectivity index (χ3v) is 4.86. The second-order valence-corrected chi connectivity index (χ2v) is 6.44. The summed E-state index contributed by atoms with van der Waals surface area (Å²) < 4.78 is 0. The van der Waals surface area contributed by atoms with Crippen molar-refractivity contribution >= 4 is 11.0 Å². The first kappa shape index (κ1) is 14.4. The first-order chi connectivity index (χ1) is 10.2.